The Kier molecular flexibility index (Phi) is 2.49. The van der Waals surface area contributed by atoms with Crippen LogP contribution in [-0.4, -0.2) is 9.97 Å². The van der Waals surface area contributed by atoms with Crippen molar-refractivity contribution < 1.29 is 0 Å². The van der Waals surface area contributed by atoms with Gasteiger partial charge in [0.1, 0.15) is 0 Å². The fourth-order valence-electron chi connectivity index (χ4n) is 1.28. The SMILES string of the molecule is Cc1cncc(Nc2ncccc2N)c1. The lowest BCUT2D eigenvalue weighted by molar-refractivity contribution is 1.25. The van der Waals surface area contributed by atoms with Gasteiger partial charge >= 0.3 is 0 Å². The van der Waals surface area contributed by atoms with E-state index in [0.717, 1.165) is 11.3 Å². The van der Waals surface area contributed by atoms with Crippen LogP contribution in [0.25, 0.3) is 0 Å². The molecule has 0 atom stereocenters. The molecule has 0 aliphatic carbocycles. The van der Waals surface area contributed by atoms with Crippen LogP contribution in [0, 0.1) is 6.92 Å². The minimum atomic E-state index is 0.624. The molecule has 3 N–H and O–H groups in total. The molecule has 0 unspecified atom stereocenters. The smallest absolute Gasteiger partial charge is 0.153 e. The minimum Gasteiger partial charge on any atom is -0.396 e. The molecule has 4 nitrogen and oxygen atoms in total. The number of nitrogens with zero attached hydrogens (tertiary/aromatic N) is 2. The van der Waals surface area contributed by atoms with Crippen LogP contribution < -0.4 is 11.1 Å². The van der Waals surface area contributed by atoms with Crippen LogP contribution in [-0.2, 0) is 0 Å². The Morgan fingerprint density at radius 1 is 1.33 bits per heavy atom. The molecular formula is C11H12N4. The van der Waals surface area contributed by atoms with E-state index in [0.29, 0.717) is 11.5 Å². The van der Waals surface area contributed by atoms with E-state index in [2.05, 4.69) is 15.3 Å². The monoisotopic (exact) mass is 200 g/mol. The van der Waals surface area contributed by atoms with Gasteiger partial charge in [-0.05, 0) is 30.7 Å². The van der Waals surface area contributed by atoms with Gasteiger partial charge in [-0.15, -0.1) is 0 Å². The number of pyridine rings is 2. The molecule has 0 radical (unpaired) electrons. The summed E-state index contributed by atoms with van der Waals surface area (Å²) in [5, 5.41) is 3.11. The second-order valence-corrected chi connectivity index (χ2v) is 3.32. The molecule has 2 aromatic heterocycles. The number of aromatic nitrogens is 2. The first kappa shape index (κ1) is 9.45. The quantitative estimate of drug-likeness (QED) is 0.779. The maximum atomic E-state index is 5.76. The summed E-state index contributed by atoms with van der Waals surface area (Å²) in [4.78, 5) is 8.22. The molecule has 15 heavy (non-hydrogen) atoms. The van der Waals surface area contributed by atoms with Crippen LogP contribution in [0.5, 0.6) is 0 Å². The Hall–Kier alpha value is -2.10. The first-order chi connectivity index (χ1) is 7.25. The summed E-state index contributed by atoms with van der Waals surface area (Å²) in [5.74, 6) is 0.657. The third-order valence-corrected chi connectivity index (χ3v) is 1.98. The molecule has 2 heterocycles. The predicted octanol–water partition coefficient (Wildman–Crippen LogP) is 2.11. The summed E-state index contributed by atoms with van der Waals surface area (Å²) in [5.41, 5.74) is 8.37. The van der Waals surface area contributed by atoms with Crippen LogP contribution in [0.1, 0.15) is 5.56 Å². The molecular weight excluding hydrogens is 188 g/mol. The molecule has 0 aliphatic heterocycles. The van der Waals surface area contributed by atoms with E-state index in [4.69, 9.17) is 5.73 Å². The van der Waals surface area contributed by atoms with Crippen molar-refractivity contribution in [3.8, 4) is 0 Å². The highest BCUT2D eigenvalue weighted by molar-refractivity contribution is 5.67. The summed E-state index contributed by atoms with van der Waals surface area (Å²) in [6.45, 7) is 1.99. The zero-order chi connectivity index (χ0) is 10.7. The van der Waals surface area contributed by atoms with E-state index < -0.39 is 0 Å². The molecule has 0 bridgehead atoms. The lowest BCUT2D eigenvalue weighted by atomic mass is 10.3. The Labute approximate surface area is 88.2 Å². The van der Waals surface area contributed by atoms with Crippen LogP contribution in [0.4, 0.5) is 17.2 Å². The predicted molar refractivity (Wildman–Crippen MR) is 60.9 cm³/mol. The molecule has 0 aromatic carbocycles. The van der Waals surface area contributed by atoms with Crippen molar-refractivity contribution >= 4 is 17.2 Å². The van der Waals surface area contributed by atoms with E-state index in [-0.39, 0.29) is 0 Å². The summed E-state index contributed by atoms with van der Waals surface area (Å²) >= 11 is 0. The number of nitrogen functional groups attached to an aromatic ring is 1. The Balaban J connectivity index is 2.26. The lowest BCUT2D eigenvalue weighted by Gasteiger charge is -2.07. The van der Waals surface area contributed by atoms with Crippen molar-refractivity contribution in [3.05, 3.63) is 42.4 Å². The lowest BCUT2D eigenvalue weighted by Crippen LogP contribution is -1.98. The van der Waals surface area contributed by atoms with Gasteiger partial charge in [0, 0.05) is 12.4 Å². The zero-order valence-electron chi connectivity index (χ0n) is 8.44. The van der Waals surface area contributed by atoms with Crippen LogP contribution in [0.2, 0.25) is 0 Å². The highest BCUT2D eigenvalue weighted by Crippen LogP contribution is 2.19. The second kappa shape index (κ2) is 3.96. The van der Waals surface area contributed by atoms with Crippen molar-refractivity contribution in [2.24, 2.45) is 0 Å². The van der Waals surface area contributed by atoms with Gasteiger partial charge in [0.15, 0.2) is 5.82 Å². The normalized spacial score (nSPS) is 9.93. The van der Waals surface area contributed by atoms with E-state index in [1.807, 2.05) is 13.0 Å². The highest BCUT2D eigenvalue weighted by Gasteiger charge is 1.99. The third-order valence-electron chi connectivity index (χ3n) is 1.98. The number of rotatable bonds is 2. The number of nitrogens with one attached hydrogen (secondary N) is 1. The number of hydrogen-bond acceptors (Lipinski definition) is 4. The molecule has 0 spiro atoms. The van der Waals surface area contributed by atoms with Crippen molar-refractivity contribution in [2.75, 3.05) is 11.1 Å². The fraction of sp³-hybridized carbons (Fsp3) is 0.0909. The van der Waals surface area contributed by atoms with Crippen LogP contribution in [0.15, 0.2) is 36.8 Å². The maximum absolute atomic E-state index is 5.76. The largest absolute Gasteiger partial charge is 0.396 e. The first-order valence-electron chi connectivity index (χ1n) is 4.65. The molecule has 0 saturated heterocycles. The molecule has 0 saturated carbocycles. The van der Waals surface area contributed by atoms with Crippen molar-refractivity contribution in [2.45, 2.75) is 6.92 Å². The summed E-state index contributed by atoms with van der Waals surface area (Å²) < 4.78 is 0. The average molecular weight is 200 g/mol. The zero-order valence-corrected chi connectivity index (χ0v) is 8.44. The minimum absolute atomic E-state index is 0.624. The van der Waals surface area contributed by atoms with Gasteiger partial charge in [0.05, 0.1) is 17.6 Å². The molecule has 76 valence electrons. The van der Waals surface area contributed by atoms with Gasteiger partial charge in [0.2, 0.25) is 0 Å². The molecule has 0 amide bonds. The maximum Gasteiger partial charge on any atom is 0.153 e. The van der Waals surface area contributed by atoms with E-state index >= 15 is 0 Å². The van der Waals surface area contributed by atoms with Gasteiger partial charge in [-0.1, -0.05) is 0 Å². The number of anilines is 3. The third kappa shape index (κ3) is 2.22. The van der Waals surface area contributed by atoms with E-state index in [1.165, 1.54) is 0 Å². The molecule has 2 aromatic rings. The Morgan fingerprint density at radius 3 is 2.93 bits per heavy atom. The molecule has 0 aliphatic rings. The first-order valence-corrected chi connectivity index (χ1v) is 4.65. The fourth-order valence-corrected chi connectivity index (χ4v) is 1.28. The average Bonchev–Trinajstić information content (AvgIpc) is 2.22. The van der Waals surface area contributed by atoms with Crippen LogP contribution in [0.3, 0.4) is 0 Å². The van der Waals surface area contributed by atoms with E-state index in [9.17, 15) is 0 Å². The Bertz CT molecular complexity index is 468. The second-order valence-electron chi connectivity index (χ2n) is 3.32. The van der Waals surface area contributed by atoms with Crippen molar-refractivity contribution in [1.29, 1.82) is 0 Å². The van der Waals surface area contributed by atoms with E-state index in [1.54, 1.807) is 30.7 Å². The van der Waals surface area contributed by atoms with Gasteiger partial charge in [-0.25, -0.2) is 4.98 Å². The van der Waals surface area contributed by atoms with Gasteiger partial charge in [-0.2, -0.15) is 0 Å². The van der Waals surface area contributed by atoms with Crippen molar-refractivity contribution in [3.63, 3.8) is 0 Å². The van der Waals surface area contributed by atoms with Gasteiger partial charge in [-0.3, -0.25) is 4.98 Å². The number of hydrogen-bond donors (Lipinski definition) is 2. The summed E-state index contributed by atoms with van der Waals surface area (Å²) in [7, 11) is 0. The van der Waals surface area contributed by atoms with Crippen LogP contribution >= 0.6 is 0 Å². The molecule has 0 fully saturated rings. The van der Waals surface area contributed by atoms with Gasteiger partial charge < -0.3 is 11.1 Å². The van der Waals surface area contributed by atoms with Crippen molar-refractivity contribution in [1.82, 2.24) is 9.97 Å². The number of nitrogens with two attached hydrogens (primary N) is 1. The molecule has 4 heteroatoms. The van der Waals surface area contributed by atoms with Gasteiger partial charge in [0.25, 0.3) is 0 Å². The highest BCUT2D eigenvalue weighted by atomic mass is 15.0. The Morgan fingerprint density at radius 2 is 2.20 bits per heavy atom. The number of aryl methyl sites for hydroxylation is 1. The summed E-state index contributed by atoms with van der Waals surface area (Å²) in [6.07, 6.45) is 5.23. The topological polar surface area (TPSA) is 63.8 Å². The molecule has 2 rings (SSSR count). The summed E-state index contributed by atoms with van der Waals surface area (Å²) in [6, 6.07) is 5.59. The standard InChI is InChI=1S/C11H12N4/c1-8-5-9(7-13-6-8)15-11-10(12)3-2-4-14-11/h2-7H,12H2,1H3,(H,14,15).